The molecule has 2 fully saturated rings. The maximum Gasteiger partial charge on any atom is 0.279 e. The maximum absolute atomic E-state index is 11.8. The van der Waals surface area contributed by atoms with Crippen LogP contribution in [0.3, 0.4) is 0 Å². The van der Waals surface area contributed by atoms with E-state index < -0.39 is 0 Å². The third-order valence-electron chi connectivity index (χ3n) is 4.65. The Bertz CT molecular complexity index is 874. The van der Waals surface area contributed by atoms with Crippen LogP contribution in [0.2, 0.25) is 5.02 Å². The summed E-state index contributed by atoms with van der Waals surface area (Å²) in [6.45, 7) is 2.71. The van der Waals surface area contributed by atoms with E-state index in [2.05, 4.69) is 10.3 Å². The summed E-state index contributed by atoms with van der Waals surface area (Å²) in [5.74, 6) is 2.37. The van der Waals surface area contributed by atoms with Crippen LogP contribution >= 0.6 is 22.9 Å². The molecular weight excluding hydrogens is 396 g/mol. The number of halogens is 1. The van der Waals surface area contributed by atoms with Gasteiger partial charge < -0.3 is 14.8 Å². The molecule has 0 bridgehead atoms. The number of nitrogens with one attached hydrogen (secondary N) is 1. The average molecular weight is 419 g/mol. The summed E-state index contributed by atoms with van der Waals surface area (Å²) in [5.41, 5.74) is 0. The number of hydrogen-bond acceptors (Lipinski definition) is 5. The van der Waals surface area contributed by atoms with Crippen LogP contribution in [-0.2, 0) is 4.79 Å². The molecule has 1 aromatic carbocycles. The molecule has 0 unspecified atom stereocenters. The molecule has 1 atom stereocenters. The van der Waals surface area contributed by atoms with E-state index in [0.29, 0.717) is 21.9 Å². The van der Waals surface area contributed by atoms with Gasteiger partial charge in [0.25, 0.3) is 5.19 Å². The molecule has 0 aliphatic heterocycles. The third kappa shape index (κ3) is 5.49. The molecule has 1 amide bonds. The van der Waals surface area contributed by atoms with Crippen LogP contribution < -0.4 is 14.8 Å². The summed E-state index contributed by atoms with van der Waals surface area (Å²) >= 11 is 7.74. The number of aromatic nitrogens is 1. The first kappa shape index (κ1) is 19.3. The highest BCUT2D eigenvalue weighted by Crippen LogP contribution is 2.35. The topological polar surface area (TPSA) is 60.5 Å². The number of benzene rings is 1. The van der Waals surface area contributed by atoms with Gasteiger partial charge in [0.1, 0.15) is 11.5 Å². The lowest BCUT2D eigenvalue weighted by Gasteiger charge is -2.08. The van der Waals surface area contributed by atoms with E-state index in [9.17, 15) is 4.79 Å². The second-order valence-corrected chi connectivity index (χ2v) is 8.84. The van der Waals surface area contributed by atoms with Crippen molar-refractivity contribution >= 4 is 34.9 Å². The van der Waals surface area contributed by atoms with Crippen molar-refractivity contribution in [1.82, 2.24) is 10.3 Å². The molecule has 0 radical (unpaired) electrons. The van der Waals surface area contributed by atoms with Gasteiger partial charge in [0, 0.05) is 24.2 Å². The molecule has 0 saturated heterocycles. The molecule has 2 saturated carbocycles. The summed E-state index contributed by atoms with van der Waals surface area (Å²) in [6, 6.07) is 5.43. The van der Waals surface area contributed by atoms with Gasteiger partial charge in [0.05, 0.1) is 16.5 Å². The molecule has 7 heteroatoms. The first-order valence-corrected chi connectivity index (χ1v) is 10.8. The Morgan fingerprint density at radius 3 is 2.93 bits per heavy atom. The fraction of sp³-hybridized carbons (Fsp3) is 0.429. The van der Waals surface area contributed by atoms with Crippen LogP contribution in [0.1, 0.15) is 37.5 Å². The Hall–Kier alpha value is -2.05. The zero-order valence-corrected chi connectivity index (χ0v) is 17.3. The van der Waals surface area contributed by atoms with Gasteiger partial charge in [-0.1, -0.05) is 29.0 Å². The van der Waals surface area contributed by atoms with Crippen molar-refractivity contribution in [2.24, 2.45) is 11.8 Å². The molecule has 1 aromatic heterocycles. The smallest absolute Gasteiger partial charge is 0.279 e. The van der Waals surface area contributed by atoms with E-state index in [1.807, 2.05) is 25.1 Å². The maximum atomic E-state index is 11.8. The van der Waals surface area contributed by atoms with Crippen molar-refractivity contribution in [3.8, 4) is 16.7 Å². The van der Waals surface area contributed by atoms with Gasteiger partial charge in [0.15, 0.2) is 0 Å². The number of carbonyl (C=O) groups excluding carboxylic acids is 1. The molecule has 4 rings (SSSR count). The molecule has 2 aliphatic carbocycles. The molecule has 1 N–H and O–H groups in total. The van der Waals surface area contributed by atoms with E-state index in [-0.39, 0.29) is 17.9 Å². The zero-order valence-electron chi connectivity index (χ0n) is 15.7. The summed E-state index contributed by atoms with van der Waals surface area (Å²) in [7, 11) is 0. The van der Waals surface area contributed by atoms with Gasteiger partial charge in [-0.15, -0.1) is 0 Å². The second-order valence-electron chi connectivity index (χ2n) is 7.41. The van der Waals surface area contributed by atoms with E-state index in [0.717, 1.165) is 30.1 Å². The van der Waals surface area contributed by atoms with E-state index in [1.54, 1.807) is 18.3 Å². The summed E-state index contributed by atoms with van der Waals surface area (Å²) in [5, 5.41) is 4.00. The van der Waals surface area contributed by atoms with Crippen LogP contribution in [-0.4, -0.2) is 23.5 Å². The molecule has 148 valence electrons. The second kappa shape index (κ2) is 8.53. The standard InChI is InChI=1S/C21H23ClN2O3S/c1-13(24-20(25)15-5-6-15)2-8-17-11-23-21(28-17)27-19-9-7-16(10-18(19)22)26-12-14-3-4-14/h2,7-11,13-15H,3-6,12H2,1H3,(H,24,25)/b8-2+/t13-/m0/s1. The van der Waals surface area contributed by atoms with Crippen molar-refractivity contribution in [3.63, 3.8) is 0 Å². The molecule has 5 nitrogen and oxygen atoms in total. The Morgan fingerprint density at radius 1 is 1.39 bits per heavy atom. The minimum absolute atomic E-state index is 0.0165. The molecule has 2 aliphatic rings. The van der Waals surface area contributed by atoms with Gasteiger partial charge in [-0.2, -0.15) is 0 Å². The number of ether oxygens (including phenoxy) is 2. The Morgan fingerprint density at radius 2 is 2.21 bits per heavy atom. The normalized spacial score (nSPS) is 17.5. The zero-order chi connectivity index (χ0) is 19.5. The third-order valence-corrected chi connectivity index (χ3v) is 5.79. The van der Waals surface area contributed by atoms with Crippen LogP contribution in [0.25, 0.3) is 6.08 Å². The SMILES string of the molecule is C[C@@H](/C=C/c1cnc(Oc2ccc(OCC3CC3)cc2Cl)s1)NC(=O)C1CC1. The summed E-state index contributed by atoms with van der Waals surface area (Å²) in [6.07, 6.45) is 10.2. The summed E-state index contributed by atoms with van der Waals surface area (Å²) in [4.78, 5) is 17.0. The number of nitrogens with zero attached hydrogens (tertiary/aromatic N) is 1. The van der Waals surface area contributed by atoms with E-state index in [1.165, 1.54) is 24.2 Å². The lowest BCUT2D eigenvalue weighted by atomic mass is 10.2. The molecular formula is C21H23ClN2O3S. The lowest BCUT2D eigenvalue weighted by molar-refractivity contribution is -0.122. The van der Waals surface area contributed by atoms with Crippen LogP contribution in [0.4, 0.5) is 0 Å². The Balaban J connectivity index is 1.31. The van der Waals surface area contributed by atoms with E-state index in [4.69, 9.17) is 21.1 Å². The number of hydrogen-bond donors (Lipinski definition) is 1. The first-order chi connectivity index (χ1) is 13.6. The predicted molar refractivity (Wildman–Crippen MR) is 111 cm³/mol. The fourth-order valence-corrected chi connectivity index (χ4v) is 3.52. The molecule has 2 aromatic rings. The summed E-state index contributed by atoms with van der Waals surface area (Å²) < 4.78 is 11.5. The number of rotatable bonds is 9. The van der Waals surface area contributed by atoms with E-state index >= 15 is 0 Å². The largest absolute Gasteiger partial charge is 0.493 e. The predicted octanol–water partition coefficient (Wildman–Crippen LogP) is 5.31. The van der Waals surface area contributed by atoms with Gasteiger partial charge in [-0.25, -0.2) is 4.98 Å². The van der Waals surface area contributed by atoms with Crippen LogP contribution in [0.15, 0.2) is 30.5 Å². The average Bonchev–Trinajstić information content (AvgIpc) is 3.59. The quantitative estimate of drug-likeness (QED) is 0.599. The minimum Gasteiger partial charge on any atom is -0.493 e. The minimum atomic E-state index is -0.0165. The highest BCUT2D eigenvalue weighted by Gasteiger charge is 2.29. The van der Waals surface area contributed by atoms with Crippen molar-refractivity contribution in [1.29, 1.82) is 0 Å². The number of carbonyl (C=O) groups is 1. The van der Waals surface area contributed by atoms with Crippen molar-refractivity contribution in [2.45, 2.75) is 38.6 Å². The van der Waals surface area contributed by atoms with Crippen molar-refractivity contribution in [2.75, 3.05) is 6.61 Å². The van der Waals surface area contributed by atoms with Crippen molar-refractivity contribution < 1.29 is 14.3 Å². The van der Waals surface area contributed by atoms with Gasteiger partial charge >= 0.3 is 0 Å². The highest BCUT2D eigenvalue weighted by atomic mass is 35.5. The lowest BCUT2D eigenvalue weighted by Crippen LogP contribution is -2.32. The highest BCUT2D eigenvalue weighted by molar-refractivity contribution is 7.14. The van der Waals surface area contributed by atoms with Crippen LogP contribution in [0, 0.1) is 11.8 Å². The first-order valence-electron chi connectivity index (χ1n) is 9.61. The molecule has 1 heterocycles. The molecule has 28 heavy (non-hydrogen) atoms. The molecule has 0 spiro atoms. The van der Waals surface area contributed by atoms with Crippen LogP contribution in [0.5, 0.6) is 16.7 Å². The number of thiazole rings is 1. The van der Waals surface area contributed by atoms with Gasteiger partial charge in [-0.3, -0.25) is 4.79 Å². The Labute approximate surface area is 173 Å². The van der Waals surface area contributed by atoms with Crippen molar-refractivity contribution in [3.05, 3.63) is 40.4 Å². The van der Waals surface area contributed by atoms with Gasteiger partial charge in [-0.05, 0) is 56.7 Å². The number of amides is 1. The monoisotopic (exact) mass is 418 g/mol. The Kier molecular flexibility index (Phi) is 5.87. The van der Waals surface area contributed by atoms with Gasteiger partial charge in [0.2, 0.25) is 5.91 Å². The fourth-order valence-electron chi connectivity index (χ4n) is 2.62.